The second kappa shape index (κ2) is 6.74. The van der Waals surface area contributed by atoms with E-state index in [4.69, 9.17) is 10.9 Å². The summed E-state index contributed by atoms with van der Waals surface area (Å²) in [6.07, 6.45) is -0.219. The molecule has 7 heteroatoms. The van der Waals surface area contributed by atoms with Gasteiger partial charge in [0, 0.05) is 5.56 Å². The highest BCUT2D eigenvalue weighted by molar-refractivity contribution is 6.04. The van der Waals surface area contributed by atoms with Gasteiger partial charge in [0.25, 0.3) is 0 Å². The van der Waals surface area contributed by atoms with Gasteiger partial charge in [-0.15, -0.1) is 0 Å². The molecule has 0 fully saturated rings. The molecule has 2 aromatic rings. The van der Waals surface area contributed by atoms with Crippen molar-refractivity contribution in [2.45, 2.75) is 25.4 Å². The molecule has 2 aromatic carbocycles. The van der Waals surface area contributed by atoms with Crippen LogP contribution < -0.4 is 5.73 Å². The number of alkyl halides is 3. The molecule has 0 unspecified atom stereocenters. The minimum Gasteiger partial charge on any atom is -0.508 e. The Kier molecular flexibility index (Phi) is 4.63. The maximum absolute atomic E-state index is 13.4. The molecule has 4 nitrogen and oxygen atoms in total. The summed E-state index contributed by atoms with van der Waals surface area (Å²) in [5.74, 6) is -0.363. The molecule has 0 saturated carbocycles. The van der Waals surface area contributed by atoms with Crippen LogP contribution in [0.5, 0.6) is 5.75 Å². The first-order valence-electron chi connectivity index (χ1n) is 8.03. The number of allylic oxidation sites excluding steroid dienone is 2. The van der Waals surface area contributed by atoms with Gasteiger partial charge in [-0.3, -0.25) is 0 Å². The third-order valence-electron chi connectivity index (χ3n) is 4.39. The molecular formula is C19H17F3N2O2. The lowest BCUT2D eigenvalue weighted by molar-refractivity contribution is -0.137. The maximum atomic E-state index is 13.4. The van der Waals surface area contributed by atoms with Crippen molar-refractivity contribution >= 4 is 11.4 Å². The van der Waals surface area contributed by atoms with Crippen LogP contribution in [0.15, 0.2) is 47.6 Å². The number of halogens is 3. The number of phenolic OH excluding ortho intramolecular Hbond substituents is 1. The molecule has 0 bridgehead atoms. The van der Waals surface area contributed by atoms with Crippen LogP contribution >= 0.6 is 0 Å². The molecule has 1 aliphatic rings. The van der Waals surface area contributed by atoms with Crippen molar-refractivity contribution in [2.24, 2.45) is 10.9 Å². The normalized spacial score (nSPS) is 15.2. The van der Waals surface area contributed by atoms with Crippen molar-refractivity contribution in [3.8, 4) is 16.9 Å². The van der Waals surface area contributed by atoms with E-state index >= 15 is 0 Å². The van der Waals surface area contributed by atoms with Crippen LogP contribution in [0.25, 0.3) is 16.7 Å². The van der Waals surface area contributed by atoms with Crippen LogP contribution in [0.2, 0.25) is 0 Å². The Hall–Kier alpha value is -2.96. The lowest BCUT2D eigenvalue weighted by Gasteiger charge is -2.19. The van der Waals surface area contributed by atoms with E-state index in [2.05, 4.69) is 5.16 Å². The van der Waals surface area contributed by atoms with Crippen LogP contribution in [0, 0.1) is 0 Å². The van der Waals surface area contributed by atoms with Crippen molar-refractivity contribution in [1.82, 2.24) is 0 Å². The van der Waals surface area contributed by atoms with Gasteiger partial charge >= 0.3 is 6.18 Å². The SMILES string of the molecule is N/C(=N\O)c1cc(C(F)(F)F)cc(-c2ccc(O)cc2)c1C1=CCCC1. The molecule has 0 radical (unpaired) electrons. The van der Waals surface area contributed by atoms with Crippen molar-refractivity contribution in [2.75, 3.05) is 0 Å². The van der Waals surface area contributed by atoms with E-state index in [0.717, 1.165) is 30.5 Å². The molecule has 3 rings (SSSR count). The van der Waals surface area contributed by atoms with Gasteiger partial charge < -0.3 is 16.0 Å². The second-order valence-electron chi connectivity index (χ2n) is 6.10. The minimum atomic E-state index is -4.58. The summed E-state index contributed by atoms with van der Waals surface area (Å²) in [6, 6.07) is 7.87. The highest BCUT2D eigenvalue weighted by Crippen LogP contribution is 2.41. The number of benzene rings is 2. The van der Waals surface area contributed by atoms with Crippen LogP contribution in [0.3, 0.4) is 0 Å². The van der Waals surface area contributed by atoms with Gasteiger partial charge in [0.1, 0.15) is 5.75 Å². The standard InChI is InChI=1S/C19H17F3N2O2/c20-19(21,22)13-9-15(11-5-7-14(25)8-6-11)17(12-3-1-2-4-12)16(10-13)18(23)24-26/h3,5-10,25-26H,1-2,4H2,(H2,23,24). The fourth-order valence-corrected chi connectivity index (χ4v) is 3.17. The molecule has 0 amide bonds. The fourth-order valence-electron chi connectivity index (χ4n) is 3.17. The average Bonchev–Trinajstić information content (AvgIpc) is 3.14. The van der Waals surface area contributed by atoms with Gasteiger partial charge in [0.15, 0.2) is 5.84 Å². The summed E-state index contributed by atoms with van der Waals surface area (Å²) in [5, 5.41) is 21.5. The van der Waals surface area contributed by atoms with Crippen LogP contribution in [-0.4, -0.2) is 16.1 Å². The van der Waals surface area contributed by atoms with Gasteiger partial charge in [0.2, 0.25) is 0 Å². The molecule has 4 N–H and O–H groups in total. The third kappa shape index (κ3) is 3.37. The zero-order chi connectivity index (χ0) is 18.9. The number of rotatable bonds is 3. The Morgan fingerprint density at radius 3 is 2.35 bits per heavy atom. The van der Waals surface area contributed by atoms with Gasteiger partial charge in [-0.2, -0.15) is 13.2 Å². The predicted octanol–water partition coefficient (Wildman–Crippen LogP) is 4.74. The quantitative estimate of drug-likeness (QED) is 0.319. The number of aromatic hydroxyl groups is 1. The zero-order valence-corrected chi connectivity index (χ0v) is 13.7. The Labute approximate surface area is 148 Å². The van der Waals surface area contributed by atoms with Gasteiger partial charge in [-0.25, -0.2) is 0 Å². The largest absolute Gasteiger partial charge is 0.508 e. The molecular weight excluding hydrogens is 345 g/mol. The van der Waals surface area contributed by atoms with Crippen molar-refractivity contribution in [1.29, 1.82) is 0 Å². The summed E-state index contributed by atoms with van der Waals surface area (Å²) in [4.78, 5) is 0. The molecule has 0 aromatic heterocycles. The smallest absolute Gasteiger partial charge is 0.416 e. The molecule has 26 heavy (non-hydrogen) atoms. The molecule has 0 heterocycles. The van der Waals surface area contributed by atoms with Crippen LogP contribution in [0.4, 0.5) is 13.2 Å². The van der Waals surface area contributed by atoms with Crippen LogP contribution in [-0.2, 0) is 6.18 Å². The van der Waals surface area contributed by atoms with Gasteiger partial charge in [-0.1, -0.05) is 23.4 Å². The Balaban J connectivity index is 2.36. The van der Waals surface area contributed by atoms with E-state index in [9.17, 15) is 18.3 Å². The van der Waals surface area contributed by atoms with Crippen LogP contribution in [0.1, 0.15) is 36.0 Å². The van der Waals surface area contributed by atoms with Crippen molar-refractivity contribution < 1.29 is 23.5 Å². The highest BCUT2D eigenvalue weighted by Gasteiger charge is 2.33. The predicted molar refractivity (Wildman–Crippen MR) is 92.9 cm³/mol. The number of nitrogens with zero attached hydrogens (tertiary/aromatic N) is 1. The third-order valence-corrected chi connectivity index (χ3v) is 4.39. The number of amidine groups is 1. The first-order chi connectivity index (χ1) is 12.3. The first kappa shape index (κ1) is 17.8. The van der Waals surface area contributed by atoms with E-state index in [1.807, 2.05) is 6.08 Å². The Morgan fingerprint density at radius 2 is 1.81 bits per heavy atom. The Bertz CT molecular complexity index is 885. The summed E-state index contributed by atoms with van der Waals surface area (Å²) < 4.78 is 40.2. The summed E-state index contributed by atoms with van der Waals surface area (Å²) >= 11 is 0. The van der Waals surface area contributed by atoms with E-state index in [1.54, 1.807) is 12.1 Å². The molecule has 0 saturated heterocycles. The molecule has 0 spiro atoms. The molecule has 136 valence electrons. The number of hydrogen-bond donors (Lipinski definition) is 3. The molecule has 0 aliphatic heterocycles. The van der Waals surface area contributed by atoms with E-state index in [0.29, 0.717) is 23.1 Å². The first-order valence-corrected chi connectivity index (χ1v) is 8.03. The summed E-state index contributed by atoms with van der Waals surface area (Å²) in [6.45, 7) is 0. The monoisotopic (exact) mass is 362 g/mol. The highest BCUT2D eigenvalue weighted by atomic mass is 19.4. The number of oxime groups is 1. The topological polar surface area (TPSA) is 78.8 Å². The van der Waals surface area contributed by atoms with Crippen molar-refractivity contribution in [3.05, 3.63) is 59.2 Å². The number of hydrogen-bond acceptors (Lipinski definition) is 3. The van der Waals surface area contributed by atoms with Gasteiger partial charge in [0.05, 0.1) is 5.56 Å². The minimum absolute atomic E-state index is 0.0130. The number of nitrogens with two attached hydrogens (primary N) is 1. The van der Waals surface area contributed by atoms with E-state index < -0.39 is 11.7 Å². The zero-order valence-electron chi connectivity index (χ0n) is 13.7. The lowest BCUT2D eigenvalue weighted by atomic mass is 9.87. The fraction of sp³-hybridized carbons (Fsp3) is 0.211. The average molecular weight is 362 g/mol. The van der Waals surface area contributed by atoms with E-state index in [1.165, 1.54) is 12.1 Å². The summed E-state index contributed by atoms with van der Waals surface area (Å²) in [5.41, 5.74) is 7.09. The summed E-state index contributed by atoms with van der Waals surface area (Å²) in [7, 11) is 0. The lowest BCUT2D eigenvalue weighted by Crippen LogP contribution is -2.18. The Morgan fingerprint density at radius 1 is 1.12 bits per heavy atom. The molecule has 0 atom stereocenters. The number of phenols is 1. The van der Waals surface area contributed by atoms with E-state index in [-0.39, 0.29) is 17.1 Å². The van der Waals surface area contributed by atoms with Gasteiger partial charge in [-0.05, 0) is 65.8 Å². The molecule has 1 aliphatic carbocycles. The second-order valence-corrected chi connectivity index (χ2v) is 6.10. The van der Waals surface area contributed by atoms with Crippen molar-refractivity contribution in [3.63, 3.8) is 0 Å². The maximum Gasteiger partial charge on any atom is 0.416 e.